The van der Waals surface area contributed by atoms with Crippen LogP contribution in [-0.4, -0.2) is 24.1 Å². The predicted molar refractivity (Wildman–Crippen MR) is 149 cm³/mol. The Morgan fingerprint density at radius 2 is 1.51 bits per heavy atom. The number of halogens is 2. The van der Waals surface area contributed by atoms with Gasteiger partial charge in [-0.1, -0.05) is 43.6 Å². The van der Waals surface area contributed by atoms with E-state index in [4.69, 9.17) is 9.47 Å². The first-order valence-corrected chi connectivity index (χ1v) is 13.8. The molecule has 5 rings (SSSR count). The molecule has 0 saturated heterocycles. The van der Waals surface area contributed by atoms with Crippen molar-refractivity contribution < 1.29 is 28.2 Å². The third-order valence-corrected chi connectivity index (χ3v) is 7.84. The van der Waals surface area contributed by atoms with Crippen molar-refractivity contribution in [1.82, 2.24) is 0 Å². The number of nitrogens with one attached hydrogen (secondary N) is 1. The van der Waals surface area contributed by atoms with Crippen LogP contribution in [0.25, 0.3) is 0 Å². The highest BCUT2D eigenvalue weighted by molar-refractivity contribution is 9.10. The van der Waals surface area contributed by atoms with Crippen LogP contribution in [-0.2, 0) is 19.1 Å². The average Bonchev–Trinajstić information content (AvgIpc) is 2.82. The maximum atomic E-state index is 13.6. The van der Waals surface area contributed by atoms with Crippen molar-refractivity contribution in [3.63, 3.8) is 0 Å². The minimum atomic E-state index is -0.649. The van der Waals surface area contributed by atoms with Crippen molar-refractivity contribution in [3.8, 4) is 5.75 Å². The number of allylic oxidation sites excluding steroid dienone is 4. The summed E-state index contributed by atoms with van der Waals surface area (Å²) in [5, 5.41) is 2.69. The van der Waals surface area contributed by atoms with Gasteiger partial charge in [-0.3, -0.25) is 14.4 Å². The van der Waals surface area contributed by atoms with Crippen LogP contribution in [0.5, 0.6) is 5.75 Å². The SMILES string of the molecule is CC1(C)CC(=O)C2=C(C1)OC1=C(C(=O)CC(C)(C)C1)C2c1cc(Br)ccc1OCC(=O)Nc1ccc(F)cc1. The lowest BCUT2D eigenvalue weighted by Gasteiger charge is -2.43. The quantitative estimate of drug-likeness (QED) is 0.402. The number of ether oxygens (including phenoxy) is 2. The molecule has 1 amide bonds. The zero-order valence-electron chi connectivity index (χ0n) is 22.5. The van der Waals surface area contributed by atoms with Crippen LogP contribution in [0.15, 0.2) is 69.6 Å². The van der Waals surface area contributed by atoms with Gasteiger partial charge >= 0.3 is 0 Å². The number of hydrogen-bond acceptors (Lipinski definition) is 5. The second-order valence-electron chi connectivity index (χ2n) is 12.1. The Hall–Kier alpha value is -3.26. The molecule has 1 N–H and O–H groups in total. The van der Waals surface area contributed by atoms with E-state index in [1.165, 1.54) is 24.3 Å². The third-order valence-electron chi connectivity index (χ3n) is 7.35. The summed E-state index contributed by atoms with van der Waals surface area (Å²) in [6.45, 7) is 7.86. The molecule has 0 aromatic heterocycles. The summed E-state index contributed by atoms with van der Waals surface area (Å²) >= 11 is 3.54. The lowest BCUT2D eigenvalue weighted by Crippen LogP contribution is -2.37. The van der Waals surface area contributed by atoms with Gasteiger partial charge in [0.25, 0.3) is 5.91 Å². The van der Waals surface area contributed by atoms with Gasteiger partial charge in [0.05, 0.1) is 5.92 Å². The minimum absolute atomic E-state index is 0.0459. The van der Waals surface area contributed by atoms with E-state index in [9.17, 15) is 18.8 Å². The lowest BCUT2D eigenvalue weighted by atomic mass is 9.65. The van der Waals surface area contributed by atoms with Crippen LogP contribution in [0.2, 0.25) is 0 Å². The minimum Gasteiger partial charge on any atom is -0.483 e. The second kappa shape index (κ2) is 10.0. The summed E-state index contributed by atoms with van der Waals surface area (Å²) in [7, 11) is 0. The molecule has 0 fully saturated rings. The van der Waals surface area contributed by atoms with Crippen molar-refractivity contribution in [1.29, 1.82) is 0 Å². The van der Waals surface area contributed by atoms with Gasteiger partial charge in [-0.15, -0.1) is 0 Å². The van der Waals surface area contributed by atoms with Crippen molar-refractivity contribution >= 4 is 39.1 Å². The summed E-state index contributed by atoms with van der Waals surface area (Å²) < 4.78 is 26.3. The molecule has 1 heterocycles. The van der Waals surface area contributed by atoms with E-state index in [-0.39, 0.29) is 29.0 Å². The molecule has 204 valence electrons. The van der Waals surface area contributed by atoms with Gasteiger partial charge in [0, 0.05) is 52.6 Å². The number of benzene rings is 2. The van der Waals surface area contributed by atoms with E-state index in [0.29, 0.717) is 65.3 Å². The van der Waals surface area contributed by atoms with Crippen molar-refractivity contribution in [3.05, 3.63) is 81.0 Å². The highest BCUT2D eigenvalue weighted by Crippen LogP contribution is 2.54. The highest BCUT2D eigenvalue weighted by atomic mass is 79.9. The Bertz CT molecular complexity index is 1390. The maximum absolute atomic E-state index is 13.6. The van der Waals surface area contributed by atoms with E-state index in [1.807, 2.05) is 33.8 Å². The molecule has 39 heavy (non-hydrogen) atoms. The molecule has 0 radical (unpaired) electrons. The van der Waals surface area contributed by atoms with Crippen molar-refractivity contribution in [2.24, 2.45) is 10.8 Å². The summed E-state index contributed by atoms with van der Waals surface area (Å²) in [4.78, 5) is 39.9. The van der Waals surface area contributed by atoms with Crippen LogP contribution in [0.1, 0.15) is 64.9 Å². The topological polar surface area (TPSA) is 81.7 Å². The molecule has 0 atom stereocenters. The number of rotatable bonds is 5. The summed E-state index contributed by atoms with van der Waals surface area (Å²) in [5.74, 6) is 0.0656. The molecule has 2 aromatic carbocycles. The number of ketones is 2. The van der Waals surface area contributed by atoms with Gasteiger partial charge in [-0.05, 0) is 53.3 Å². The molecule has 1 aliphatic heterocycles. The van der Waals surface area contributed by atoms with Crippen LogP contribution in [0.3, 0.4) is 0 Å². The first kappa shape index (κ1) is 27.3. The van der Waals surface area contributed by atoms with Gasteiger partial charge in [-0.2, -0.15) is 0 Å². The monoisotopic (exact) mass is 595 g/mol. The molecule has 2 aliphatic carbocycles. The fourth-order valence-electron chi connectivity index (χ4n) is 5.74. The smallest absolute Gasteiger partial charge is 0.262 e. The van der Waals surface area contributed by atoms with Gasteiger partial charge in [0.1, 0.15) is 23.1 Å². The molecular formula is C31H31BrFNO5. The number of hydrogen-bond donors (Lipinski definition) is 1. The fraction of sp³-hybridized carbons (Fsp3) is 0.387. The molecule has 0 unspecified atom stereocenters. The predicted octanol–water partition coefficient (Wildman–Crippen LogP) is 7.01. The van der Waals surface area contributed by atoms with E-state index in [0.717, 1.165) is 4.47 Å². The van der Waals surface area contributed by atoms with E-state index >= 15 is 0 Å². The van der Waals surface area contributed by atoms with Crippen molar-refractivity contribution in [2.45, 2.75) is 59.3 Å². The summed E-state index contributed by atoms with van der Waals surface area (Å²) in [6.07, 6.45) is 1.86. The lowest BCUT2D eigenvalue weighted by molar-refractivity contribution is -0.121. The number of anilines is 1. The number of amides is 1. The molecule has 3 aliphatic rings. The van der Waals surface area contributed by atoms with Gasteiger partial charge in [0.2, 0.25) is 0 Å². The Morgan fingerprint density at radius 1 is 0.949 bits per heavy atom. The Morgan fingerprint density at radius 3 is 2.08 bits per heavy atom. The number of Topliss-reactive ketones (excluding diaryl/α,β-unsaturated/α-hetero) is 2. The first-order valence-electron chi connectivity index (χ1n) is 13.0. The average molecular weight is 596 g/mol. The van der Waals surface area contributed by atoms with Gasteiger partial charge in [-0.25, -0.2) is 4.39 Å². The van der Waals surface area contributed by atoms with Crippen LogP contribution < -0.4 is 10.1 Å². The van der Waals surface area contributed by atoms with Crippen LogP contribution in [0, 0.1) is 16.6 Å². The zero-order valence-corrected chi connectivity index (χ0v) is 24.0. The van der Waals surface area contributed by atoms with E-state index in [1.54, 1.807) is 12.1 Å². The maximum Gasteiger partial charge on any atom is 0.262 e. The third kappa shape index (κ3) is 5.71. The molecular weight excluding hydrogens is 565 g/mol. The first-order chi connectivity index (χ1) is 18.3. The summed E-state index contributed by atoms with van der Waals surface area (Å²) in [5.41, 5.74) is 1.55. The molecule has 2 aromatic rings. The number of carbonyl (C=O) groups excluding carboxylic acids is 3. The fourth-order valence-corrected chi connectivity index (χ4v) is 6.11. The van der Waals surface area contributed by atoms with Crippen molar-refractivity contribution in [2.75, 3.05) is 11.9 Å². The Kier molecular flexibility index (Phi) is 7.04. The normalized spacial score (nSPS) is 20.3. The zero-order chi connectivity index (χ0) is 28.1. The largest absolute Gasteiger partial charge is 0.483 e. The van der Waals surface area contributed by atoms with Gasteiger partial charge in [0.15, 0.2) is 18.2 Å². The molecule has 0 bridgehead atoms. The van der Waals surface area contributed by atoms with Gasteiger partial charge < -0.3 is 14.8 Å². The molecule has 0 spiro atoms. The standard InChI is InChI=1S/C31H31BrFNO5/c1-30(2)12-21(35)28-24(14-30)39-25-15-31(3,4)13-22(36)29(25)27(28)20-11-17(32)5-10-23(20)38-16-26(37)34-19-8-6-18(33)7-9-19/h5-11,27H,12-16H2,1-4H3,(H,34,37). The van der Waals surface area contributed by atoms with E-state index < -0.39 is 17.6 Å². The molecule has 8 heteroatoms. The summed E-state index contributed by atoms with van der Waals surface area (Å²) in [6, 6.07) is 10.8. The number of carbonyl (C=O) groups is 3. The van der Waals surface area contributed by atoms with E-state index in [2.05, 4.69) is 21.2 Å². The molecule has 0 saturated carbocycles. The Balaban J connectivity index is 1.53. The highest BCUT2D eigenvalue weighted by Gasteiger charge is 2.48. The van der Waals surface area contributed by atoms with Crippen LogP contribution in [0.4, 0.5) is 10.1 Å². The second-order valence-corrected chi connectivity index (χ2v) is 13.0. The Labute approximate surface area is 235 Å². The van der Waals surface area contributed by atoms with Crippen LogP contribution >= 0.6 is 15.9 Å². The molecule has 6 nitrogen and oxygen atoms in total.